The molecule has 156 valence electrons. The highest BCUT2D eigenvalue weighted by Gasteiger charge is 2.04. The first kappa shape index (κ1) is 21.2. The molecule has 1 aromatic heterocycles. The minimum absolute atomic E-state index is 1.38. The minimum atomic E-state index is -4.67. The Kier molecular flexibility index (Phi) is 5.89. The second-order valence-electron chi connectivity index (χ2n) is 7.09. The van der Waals surface area contributed by atoms with Crippen LogP contribution in [0, 0.1) is 27.8 Å². The number of benzene rings is 4. The number of fused-ring (bicyclic) bond motifs is 5. The number of thiophene rings is 1. The summed E-state index contributed by atoms with van der Waals surface area (Å²) in [6, 6.07) is 32.2. The maximum absolute atomic E-state index is 8.74. The van der Waals surface area contributed by atoms with Gasteiger partial charge in [0.25, 0.3) is 0 Å². The van der Waals surface area contributed by atoms with Gasteiger partial charge in [-0.2, -0.15) is 8.42 Å². The normalized spacial score (nSPS) is 11.3. The predicted molar refractivity (Wildman–Crippen MR) is 126 cm³/mol. The van der Waals surface area contributed by atoms with Crippen molar-refractivity contribution in [3.05, 3.63) is 117 Å². The summed E-state index contributed by atoms with van der Waals surface area (Å²) in [7, 11) is -4.67. The number of rotatable bonds is 0. The van der Waals surface area contributed by atoms with E-state index in [0.717, 1.165) is 0 Å². The van der Waals surface area contributed by atoms with Crippen LogP contribution in [0.1, 0.15) is 5.56 Å². The molecule has 0 saturated heterocycles. The molecule has 1 aliphatic rings. The predicted octanol–water partition coefficient (Wildman–Crippen LogP) is 6.28. The molecule has 4 nitrogen and oxygen atoms in total. The van der Waals surface area contributed by atoms with Gasteiger partial charge in [-0.05, 0) is 39.4 Å². The van der Waals surface area contributed by atoms with E-state index in [0.29, 0.717) is 0 Å². The average Bonchev–Trinajstić information content (AvgIpc) is 3.12. The van der Waals surface area contributed by atoms with E-state index in [1.54, 1.807) is 0 Å². The minimum Gasteiger partial charge on any atom is -0.264 e. The summed E-state index contributed by atoms with van der Waals surface area (Å²) in [6.07, 6.45) is 0. The molecule has 0 unspecified atom stereocenters. The Balaban J connectivity index is 0.000000125. The van der Waals surface area contributed by atoms with Crippen molar-refractivity contribution in [1.29, 1.82) is 0 Å². The van der Waals surface area contributed by atoms with Crippen LogP contribution in [-0.4, -0.2) is 17.5 Å². The van der Waals surface area contributed by atoms with E-state index in [9.17, 15) is 0 Å². The summed E-state index contributed by atoms with van der Waals surface area (Å²) in [5, 5.41) is 8.37. The quantitative estimate of drug-likeness (QED) is 0.268. The first-order valence-corrected chi connectivity index (χ1v) is 11.8. The Bertz CT molecular complexity index is 1540. The Morgan fingerprint density at radius 2 is 1.03 bits per heavy atom. The van der Waals surface area contributed by atoms with Gasteiger partial charge >= 0.3 is 10.4 Å². The molecular weight excluding hydrogens is 428 g/mol. The van der Waals surface area contributed by atoms with Gasteiger partial charge in [0.2, 0.25) is 0 Å². The largest absolute Gasteiger partial charge is 0.394 e. The van der Waals surface area contributed by atoms with Crippen LogP contribution in [0.3, 0.4) is 0 Å². The molecular formula is C25H20O4S2. The maximum atomic E-state index is 8.74. The van der Waals surface area contributed by atoms with Crippen LogP contribution in [0.2, 0.25) is 0 Å². The van der Waals surface area contributed by atoms with Gasteiger partial charge in [-0.15, -0.1) is 11.3 Å². The monoisotopic (exact) mass is 448 g/mol. The molecule has 0 bridgehead atoms. The number of aryl methyl sites for hydroxylation is 1. The summed E-state index contributed by atoms with van der Waals surface area (Å²) in [5.41, 5.74) is 1.38. The van der Waals surface area contributed by atoms with Gasteiger partial charge in [-0.25, -0.2) is 0 Å². The third kappa shape index (κ3) is 4.68. The lowest BCUT2D eigenvalue weighted by Crippen LogP contribution is -1.89. The second-order valence-corrected chi connectivity index (χ2v) is 9.04. The smallest absolute Gasteiger partial charge is 0.264 e. The Morgan fingerprint density at radius 1 is 0.613 bits per heavy atom. The fourth-order valence-electron chi connectivity index (χ4n) is 3.73. The van der Waals surface area contributed by atoms with Crippen LogP contribution in [0.25, 0.3) is 20.2 Å². The molecule has 0 saturated carbocycles. The van der Waals surface area contributed by atoms with Gasteiger partial charge in [0, 0.05) is 20.2 Å². The van der Waals surface area contributed by atoms with Crippen LogP contribution in [0.4, 0.5) is 0 Å². The van der Waals surface area contributed by atoms with Crippen LogP contribution in [-0.2, 0) is 10.4 Å². The zero-order valence-electron chi connectivity index (χ0n) is 16.7. The van der Waals surface area contributed by atoms with E-state index in [-0.39, 0.29) is 0 Å². The molecule has 0 amide bonds. The Hall–Kier alpha value is -3.03. The van der Waals surface area contributed by atoms with E-state index in [4.69, 9.17) is 17.5 Å². The van der Waals surface area contributed by atoms with Crippen molar-refractivity contribution in [2.45, 2.75) is 6.92 Å². The third-order valence-electron chi connectivity index (χ3n) is 5.04. The molecule has 0 radical (unpaired) electrons. The number of hydrogen-bond acceptors (Lipinski definition) is 3. The first-order valence-electron chi connectivity index (χ1n) is 9.58. The van der Waals surface area contributed by atoms with Crippen LogP contribution < -0.4 is 0 Å². The van der Waals surface area contributed by atoms with E-state index < -0.39 is 10.4 Å². The molecule has 0 aliphatic heterocycles. The highest BCUT2D eigenvalue weighted by Crippen LogP contribution is 2.35. The van der Waals surface area contributed by atoms with Crippen molar-refractivity contribution in [1.82, 2.24) is 0 Å². The maximum Gasteiger partial charge on any atom is 0.394 e. The summed E-state index contributed by atoms with van der Waals surface area (Å²) in [5.74, 6) is 0. The van der Waals surface area contributed by atoms with Crippen molar-refractivity contribution < 1.29 is 17.5 Å². The fraction of sp³-hybridized carbons (Fsp3) is 0.0400. The highest BCUT2D eigenvalue weighted by atomic mass is 32.3. The van der Waals surface area contributed by atoms with Gasteiger partial charge in [0.05, 0.1) is 0 Å². The molecule has 31 heavy (non-hydrogen) atoms. The van der Waals surface area contributed by atoms with Gasteiger partial charge in [-0.1, -0.05) is 84.9 Å². The molecule has 1 aliphatic carbocycles. The summed E-state index contributed by atoms with van der Waals surface area (Å²) in [4.78, 5) is 0. The summed E-state index contributed by atoms with van der Waals surface area (Å²) >= 11 is 1.89. The van der Waals surface area contributed by atoms with Crippen LogP contribution in [0.15, 0.2) is 91.0 Å². The molecule has 6 rings (SSSR count). The zero-order valence-corrected chi connectivity index (χ0v) is 18.3. The SMILES string of the molecule is Cc1cccc2c1sc1ccccc12.O=S(=O)(O)O.c1ccc2c(c1)=c1ccccc1=2. The van der Waals surface area contributed by atoms with E-state index in [2.05, 4.69) is 97.9 Å². The van der Waals surface area contributed by atoms with Crippen LogP contribution >= 0.6 is 11.3 Å². The Labute approximate surface area is 183 Å². The molecule has 1 heterocycles. The zero-order chi connectivity index (χ0) is 22.0. The summed E-state index contributed by atoms with van der Waals surface area (Å²) in [6.45, 7) is 2.18. The Morgan fingerprint density at radius 3 is 1.55 bits per heavy atom. The van der Waals surface area contributed by atoms with Crippen molar-refractivity contribution in [3.63, 3.8) is 0 Å². The molecule has 4 aromatic carbocycles. The fourth-order valence-corrected chi connectivity index (χ4v) is 4.90. The molecule has 0 spiro atoms. The van der Waals surface area contributed by atoms with Crippen molar-refractivity contribution in [2.75, 3.05) is 0 Å². The first-order chi connectivity index (χ1) is 14.8. The average molecular weight is 449 g/mol. The standard InChI is InChI=1S/C13H10S.C12H8.H2O4S/c1-9-5-4-7-11-10-6-2-3-8-12(10)14-13(9)11;1-2-6-10-9(5-1)11-7-3-4-8-12(10)11;1-5(2,3)4/h2-8H,1H3;1-8H;(H2,1,2,3,4). The molecule has 0 fully saturated rings. The van der Waals surface area contributed by atoms with Gasteiger partial charge < -0.3 is 0 Å². The van der Waals surface area contributed by atoms with E-state index >= 15 is 0 Å². The lowest BCUT2D eigenvalue weighted by Gasteiger charge is -2.02. The molecule has 5 aromatic rings. The number of hydrogen-bond donors (Lipinski definition) is 2. The van der Waals surface area contributed by atoms with Gasteiger partial charge in [-0.3, -0.25) is 9.11 Å². The highest BCUT2D eigenvalue weighted by molar-refractivity contribution is 7.79. The molecule has 0 atom stereocenters. The van der Waals surface area contributed by atoms with E-state index in [1.807, 2.05) is 11.3 Å². The van der Waals surface area contributed by atoms with E-state index in [1.165, 1.54) is 46.6 Å². The van der Waals surface area contributed by atoms with Gasteiger partial charge in [0.15, 0.2) is 0 Å². The topological polar surface area (TPSA) is 74.6 Å². The lowest BCUT2D eigenvalue weighted by molar-refractivity contribution is 0.381. The van der Waals surface area contributed by atoms with Crippen molar-refractivity contribution >= 4 is 41.9 Å². The third-order valence-corrected chi connectivity index (χ3v) is 6.36. The van der Waals surface area contributed by atoms with Gasteiger partial charge in [0.1, 0.15) is 0 Å². The van der Waals surface area contributed by atoms with Crippen molar-refractivity contribution in [3.8, 4) is 0 Å². The lowest BCUT2D eigenvalue weighted by atomic mass is 10.0. The summed E-state index contributed by atoms with van der Waals surface area (Å²) < 4.78 is 34.4. The van der Waals surface area contributed by atoms with Crippen molar-refractivity contribution in [2.24, 2.45) is 0 Å². The molecule has 2 N–H and O–H groups in total. The molecule has 6 heteroatoms. The second kappa shape index (κ2) is 8.61. The van der Waals surface area contributed by atoms with Crippen LogP contribution in [0.5, 0.6) is 0 Å².